The molecule has 0 amide bonds. The molecule has 3 heteroatoms. The Balaban J connectivity index is 0.000000853. The number of ketones is 1. The standard InChI is InChI=1S/C12H8O2.ClH/c13-8-5-6-10-9-3-1-2-4-11(9)14-12(10)7-8;/h1-4,6-7H,5H2;1H. The summed E-state index contributed by atoms with van der Waals surface area (Å²) in [7, 11) is 0. The molecule has 0 saturated heterocycles. The molecule has 1 aromatic heterocycles. The van der Waals surface area contributed by atoms with Gasteiger partial charge in [0.1, 0.15) is 11.0 Å². The molecule has 0 bridgehead atoms. The number of carbonyl (C=O) groups excluding carboxylic acids is 1. The van der Waals surface area contributed by atoms with E-state index >= 15 is 0 Å². The van der Waals surface area contributed by atoms with Crippen molar-refractivity contribution in [3.63, 3.8) is 0 Å². The highest BCUT2D eigenvalue weighted by molar-refractivity contribution is 6.09. The molecule has 1 aliphatic rings. The first-order valence-corrected chi connectivity index (χ1v) is 4.57. The van der Waals surface area contributed by atoms with Crippen molar-refractivity contribution < 1.29 is 9.21 Å². The van der Waals surface area contributed by atoms with Crippen molar-refractivity contribution in [2.75, 3.05) is 0 Å². The third kappa shape index (κ3) is 1.47. The lowest BCUT2D eigenvalue weighted by Gasteiger charge is -1.91. The molecule has 0 atom stereocenters. The molecule has 1 heterocycles. The molecule has 0 spiro atoms. The Hall–Kier alpha value is -1.54. The van der Waals surface area contributed by atoms with E-state index in [-0.39, 0.29) is 18.2 Å². The summed E-state index contributed by atoms with van der Waals surface area (Å²) in [5.41, 5.74) is 1.54. The molecule has 15 heavy (non-hydrogen) atoms. The van der Waals surface area contributed by atoms with Gasteiger partial charge in [-0.25, -0.2) is 0 Å². The quantitative estimate of drug-likeness (QED) is 0.672. The molecule has 1 aromatic carbocycles. The Labute approximate surface area is 92.3 Å². The first-order chi connectivity index (χ1) is 6.84. The van der Waals surface area contributed by atoms with Gasteiger partial charge in [-0.2, -0.15) is 0 Å². The molecular weight excluding hydrogens is 212 g/mol. The van der Waals surface area contributed by atoms with E-state index in [1.807, 2.05) is 30.3 Å². The molecule has 2 aromatic rings. The second-order valence-electron chi connectivity index (χ2n) is 3.40. The summed E-state index contributed by atoms with van der Waals surface area (Å²) in [6, 6.07) is 7.83. The van der Waals surface area contributed by atoms with Crippen LogP contribution in [0.3, 0.4) is 0 Å². The van der Waals surface area contributed by atoms with E-state index in [1.54, 1.807) is 6.08 Å². The maximum absolute atomic E-state index is 11.2. The number of hydrogen-bond acceptors (Lipinski definition) is 2. The van der Waals surface area contributed by atoms with Crippen LogP contribution in [0.4, 0.5) is 0 Å². The minimum atomic E-state index is 0. The summed E-state index contributed by atoms with van der Waals surface area (Å²) >= 11 is 0. The van der Waals surface area contributed by atoms with Gasteiger partial charge < -0.3 is 4.42 Å². The Bertz CT molecular complexity index is 637. The average molecular weight is 221 g/mol. The predicted molar refractivity (Wildman–Crippen MR) is 61.3 cm³/mol. The number of benzene rings is 1. The number of fused-ring (bicyclic) bond motifs is 3. The van der Waals surface area contributed by atoms with E-state index < -0.39 is 0 Å². The third-order valence-electron chi connectivity index (χ3n) is 2.46. The van der Waals surface area contributed by atoms with Gasteiger partial charge in [0.2, 0.25) is 0 Å². The molecule has 3 rings (SSSR count). The fraction of sp³-hybridized carbons (Fsp3) is 0.0833. The smallest absolute Gasteiger partial charge is 0.163 e. The summed E-state index contributed by atoms with van der Waals surface area (Å²) in [5.74, 6) is 0.108. The van der Waals surface area contributed by atoms with Gasteiger partial charge in [0, 0.05) is 23.1 Å². The van der Waals surface area contributed by atoms with Crippen molar-refractivity contribution in [1.29, 1.82) is 0 Å². The third-order valence-corrected chi connectivity index (χ3v) is 2.46. The number of halogens is 1. The Morgan fingerprint density at radius 2 is 2.00 bits per heavy atom. The summed E-state index contributed by atoms with van der Waals surface area (Å²) in [6.45, 7) is 0. The van der Waals surface area contributed by atoms with Crippen molar-refractivity contribution >= 4 is 41.3 Å². The molecule has 0 radical (unpaired) electrons. The van der Waals surface area contributed by atoms with Gasteiger partial charge in [0.25, 0.3) is 0 Å². The van der Waals surface area contributed by atoms with Crippen LogP contribution in [0, 0.1) is 0 Å². The summed E-state index contributed by atoms with van der Waals surface area (Å²) in [5, 5.41) is 2.14. The number of carbonyl (C=O) groups is 1. The van der Waals surface area contributed by atoms with Crippen molar-refractivity contribution in [1.82, 2.24) is 0 Å². The van der Waals surface area contributed by atoms with E-state index in [1.165, 1.54) is 0 Å². The van der Waals surface area contributed by atoms with Gasteiger partial charge in [0.15, 0.2) is 5.78 Å². The second-order valence-corrected chi connectivity index (χ2v) is 3.40. The number of hydrogen-bond donors (Lipinski definition) is 0. The van der Waals surface area contributed by atoms with Crippen LogP contribution in [0.2, 0.25) is 0 Å². The highest BCUT2D eigenvalue weighted by Crippen LogP contribution is 2.08. The topological polar surface area (TPSA) is 30.2 Å². The SMILES string of the molecule is Cl.O=C1C=c2oc3ccccc3c2=CC1. The van der Waals surface area contributed by atoms with Gasteiger partial charge in [-0.15, -0.1) is 12.4 Å². The predicted octanol–water partition coefficient (Wildman–Crippen LogP) is 1.39. The Kier molecular flexibility index (Phi) is 2.37. The fourth-order valence-corrected chi connectivity index (χ4v) is 1.81. The van der Waals surface area contributed by atoms with Crippen LogP contribution in [0.25, 0.3) is 23.1 Å². The molecule has 2 nitrogen and oxygen atoms in total. The van der Waals surface area contributed by atoms with Crippen molar-refractivity contribution in [2.45, 2.75) is 6.42 Å². The minimum Gasteiger partial charge on any atom is -0.456 e. The summed E-state index contributed by atoms with van der Waals surface area (Å²) < 4.78 is 5.55. The van der Waals surface area contributed by atoms with Crippen molar-refractivity contribution in [2.24, 2.45) is 0 Å². The molecule has 0 N–H and O–H groups in total. The second kappa shape index (κ2) is 3.55. The zero-order chi connectivity index (χ0) is 9.54. The van der Waals surface area contributed by atoms with Crippen LogP contribution >= 0.6 is 12.4 Å². The Morgan fingerprint density at radius 3 is 2.87 bits per heavy atom. The highest BCUT2D eigenvalue weighted by atomic mass is 35.5. The molecular formula is C12H9ClO2. The molecule has 76 valence electrons. The highest BCUT2D eigenvalue weighted by Gasteiger charge is 2.07. The van der Waals surface area contributed by atoms with Crippen LogP contribution in [0.15, 0.2) is 28.7 Å². The number of Topliss-reactive ketones (excluding diaryl/α,β-unsaturated/α-hetero) is 1. The van der Waals surface area contributed by atoms with E-state index in [9.17, 15) is 4.79 Å². The first kappa shape index (κ1) is 9.99. The molecule has 0 aliphatic heterocycles. The molecule has 1 aliphatic carbocycles. The van der Waals surface area contributed by atoms with E-state index in [2.05, 4.69) is 0 Å². The maximum Gasteiger partial charge on any atom is 0.163 e. The first-order valence-electron chi connectivity index (χ1n) is 4.57. The molecule has 0 fully saturated rings. The zero-order valence-electron chi connectivity index (χ0n) is 7.90. The van der Waals surface area contributed by atoms with Crippen molar-refractivity contribution in [3.8, 4) is 0 Å². The van der Waals surface area contributed by atoms with Crippen LogP contribution in [-0.4, -0.2) is 5.78 Å². The van der Waals surface area contributed by atoms with Crippen molar-refractivity contribution in [3.05, 3.63) is 34.9 Å². The lowest BCUT2D eigenvalue weighted by atomic mass is 10.1. The lowest BCUT2D eigenvalue weighted by Crippen LogP contribution is -2.25. The summed E-state index contributed by atoms with van der Waals surface area (Å²) in [6.07, 6.45) is 4.00. The van der Waals surface area contributed by atoms with E-state index in [4.69, 9.17) is 4.42 Å². The largest absolute Gasteiger partial charge is 0.456 e. The van der Waals surface area contributed by atoms with Gasteiger partial charge in [-0.3, -0.25) is 4.79 Å². The van der Waals surface area contributed by atoms with E-state index in [0.717, 1.165) is 16.2 Å². The van der Waals surface area contributed by atoms with Gasteiger partial charge in [-0.05, 0) is 6.07 Å². The zero-order valence-corrected chi connectivity index (χ0v) is 8.71. The number of furan rings is 1. The normalized spacial score (nSPS) is 13.7. The van der Waals surface area contributed by atoms with Gasteiger partial charge >= 0.3 is 0 Å². The monoisotopic (exact) mass is 220 g/mol. The van der Waals surface area contributed by atoms with Crippen LogP contribution in [0.1, 0.15) is 6.42 Å². The number of para-hydroxylation sites is 1. The lowest BCUT2D eigenvalue weighted by molar-refractivity contribution is -0.112. The van der Waals surface area contributed by atoms with E-state index in [0.29, 0.717) is 11.8 Å². The number of rotatable bonds is 0. The summed E-state index contributed by atoms with van der Waals surface area (Å²) in [4.78, 5) is 11.2. The van der Waals surface area contributed by atoms with Gasteiger partial charge in [-0.1, -0.05) is 24.3 Å². The Morgan fingerprint density at radius 1 is 1.20 bits per heavy atom. The minimum absolute atomic E-state index is 0. The van der Waals surface area contributed by atoms with Crippen LogP contribution in [-0.2, 0) is 4.79 Å². The van der Waals surface area contributed by atoms with Gasteiger partial charge in [0.05, 0.1) is 0 Å². The average Bonchev–Trinajstić information content (AvgIpc) is 2.54. The van der Waals surface area contributed by atoms with Crippen LogP contribution < -0.4 is 10.6 Å². The van der Waals surface area contributed by atoms with Crippen LogP contribution in [0.5, 0.6) is 0 Å². The fourth-order valence-electron chi connectivity index (χ4n) is 1.81. The molecule has 0 saturated carbocycles. The maximum atomic E-state index is 11.2. The molecule has 0 unspecified atom stereocenters.